The van der Waals surface area contributed by atoms with E-state index in [-0.39, 0.29) is 0 Å². The van der Waals surface area contributed by atoms with E-state index in [1.54, 1.807) is 0 Å². The minimum absolute atomic E-state index is 0.364. The van der Waals surface area contributed by atoms with Gasteiger partial charge in [0.25, 0.3) is 0 Å². The van der Waals surface area contributed by atoms with Crippen molar-refractivity contribution < 1.29 is 20.1 Å². The van der Waals surface area contributed by atoms with Gasteiger partial charge in [0.1, 0.15) is 6.10 Å². The van der Waals surface area contributed by atoms with Crippen molar-refractivity contribution in [3.05, 3.63) is 0 Å². The van der Waals surface area contributed by atoms with Crippen molar-refractivity contribution >= 4 is 0 Å². The zero-order valence-electron chi connectivity index (χ0n) is 6.90. The van der Waals surface area contributed by atoms with E-state index >= 15 is 0 Å². The smallest absolute Gasteiger partial charge is 0.180 e. The zero-order chi connectivity index (χ0) is 8.85. The van der Waals surface area contributed by atoms with Gasteiger partial charge in [0, 0.05) is 7.11 Å². The Labute approximate surface area is 66.4 Å². The molecule has 3 atom stereocenters. The first-order chi connectivity index (χ1) is 5.20. The second-order valence-electron chi connectivity index (χ2n) is 2.63. The second-order valence-corrected chi connectivity index (χ2v) is 2.63. The summed E-state index contributed by atoms with van der Waals surface area (Å²) in [5.74, 6) is 0.364. The van der Waals surface area contributed by atoms with Crippen LogP contribution in [0, 0.1) is 5.92 Å². The van der Waals surface area contributed by atoms with E-state index in [1.807, 2.05) is 6.92 Å². The average Bonchev–Trinajstić information content (AvgIpc) is 2.02. The summed E-state index contributed by atoms with van der Waals surface area (Å²) in [5.41, 5.74) is 0. The van der Waals surface area contributed by atoms with Crippen LogP contribution in [0.25, 0.3) is 0 Å². The summed E-state index contributed by atoms with van der Waals surface area (Å²) in [7, 11) is 1.00. The van der Waals surface area contributed by atoms with Gasteiger partial charge < -0.3 is 20.1 Å². The van der Waals surface area contributed by atoms with Crippen molar-refractivity contribution in [2.45, 2.75) is 25.7 Å². The van der Waals surface area contributed by atoms with E-state index in [0.29, 0.717) is 18.9 Å². The van der Waals surface area contributed by atoms with Gasteiger partial charge in [-0.05, 0) is 12.3 Å². The van der Waals surface area contributed by atoms with Crippen LogP contribution in [-0.2, 0) is 4.74 Å². The number of aliphatic hydroxyl groups excluding tert-OH is 3. The normalized spacial score (nSPS) is 37.4. The first-order valence-corrected chi connectivity index (χ1v) is 3.62. The molecule has 4 heteroatoms. The largest absolute Gasteiger partial charge is 0.400 e. The van der Waals surface area contributed by atoms with Crippen LogP contribution in [0.15, 0.2) is 0 Å². The molecule has 0 aromatic carbocycles. The molecule has 1 aliphatic heterocycles. The molecule has 0 aliphatic carbocycles. The summed E-state index contributed by atoms with van der Waals surface area (Å²) in [5, 5.41) is 24.8. The molecule has 0 amide bonds. The molecule has 11 heavy (non-hydrogen) atoms. The van der Waals surface area contributed by atoms with E-state index in [4.69, 9.17) is 20.1 Å². The minimum Gasteiger partial charge on any atom is -0.400 e. The van der Waals surface area contributed by atoms with Crippen LogP contribution in [0.2, 0.25) is 0 Å². The van der Waals surface area contributed by atoms with Crippen molar-refractivity contribution in [1.29, 1.82) is 0 Å². The Morgan fingerprint density at radius 1 is 1.27 bits per heavy atom. The van der Waals surface area contributed by atoms with Crippen molar-refractivity contribution in [2.24, 2.45) is 5.92 Å². The fourth-order valence-corrected chi connectivity index (χ4v) is 0.971. The molecule has 1 aliphatic rings. The van der Waals surface area contributed by atoms with Crippen LogP contribution in [0.4, 0.5) is 0 Å². The molecule has 4 nitrogen and oxygen atoms in total. The number of rotatable bonds is 0. The molecule has 0 bridgehead atoms. The fourth-order valence-electron chi connectivity index (χ4n) is 0.971. The molecule has 3 unspecified atom stereocenters. The first kappa shape index (κ1) is 10.8. The third kappa shape index (κ3) is 3.67. The van der Waals surface area contributed by atoms with E-state index in [0.717, 1.165) is 7.11 Å². The molecule has 1 fully saturated rings. The van der Waals surface area contributed by atoms with E-state index < -0.39 is 12.4 Å². The maximum absolute atomic E-state index is 8.97. The topological polar surface area (TPSA) is 69.9 Å². The second kappa shape index (κ2) is 5.49. The standard InChI is InChI=1S/C6H12O3.CH4O/c1-4-2-5(7)6(8)9-3-4;1-2/h4-8H,2-3H2,1H3;2H,1H3. The lowest BCUT2D eigenvalue weighted by Crippen LogP contribution is -2.37. The molecule has 0 aromatic heterocycles. The van der Waals surface area contributed by atoms with Crippen LogP contribution in [0.3, 0.4) is 0 Å². The summed E-state index contributed by atoms with van der Waals surface area (Å²) < 4.78 is 4.81. The van der Waals surface area contributed by atoms with Gasteiger partial charge in [-0.15, -0.1) is 0 Å². The third-order valence-corrected chi connectivity index (χ3v) is 1.52. The van der Waals surface area contributed by atoms with E-state index in [2.05, 4.69) is 0 Å². The Bertz CT molecular complexity index is 96.4. The quantitative estimate of drug-likeness (QED) is 0.444. The van der Waals surface area contributed by atoms with Gasteiger partial charge in [-0.1, -0.05) is 6.92 Å². The summed E-state index contributed by atoms with van der Waals surface area (Å²) >= 11 is 0. The van der Waals surface area contributed by atoms with Crippen LogP contribution in [0.1, 0.15) is 13.3 Å². The third-order valence-electron chi connectivity index (χ3n) is 1.52. The monoisotopic (exact) mass is 164 g/mol. The van der Waals surface area contributed by atoms with Gasteiger partial charge in [-0.2, -0.15) is 0 Å². The Balaban J connectivity index is 0.000000461. The van der Waals surface area contributed by atoms with Crippen molar-refractivity contribution in [1.82, 2.24) is 0 Å². The minimum atomic E-state index is -0.957. The molecule has 0 saturated carbocycles. The maximum atomic E-state index is 8.97. The number of hydrogen-bond acceptors (Lipinski definition) is 4. The van der Waals surface area contributed by atoms with Crippen LogP contribution < -0.4 is 0 Å². The fraction of sp³-hybridized carbons (Fsp3) is 1.00. The number of ether oxygens (including phenoxy) is 1. The molecular weight excluding hydrogens is 148 g/mol. The predicted molar refractivity (Wildman–Crippen MR) is 39.9 cm³/mol. The van der Waals surface area contributed by atoms with E-state index in [9.17, 15) is 0 Å². The van der Waals surface area contributed by atoms with Gasteiger partial charge in [0.15, 0.2) is 6.29 Å². The molecule has 1 saturated heterocycles. The van der Waals surface area contributed by atoms with Gasteiger partial charge >= 0.3 is 0 Å². The van der Waals surface area contributed by atoms with Crippen LogP contribution >= 0.6 is 0 Å². The number of aliphatic hydroxyl groups is 3. The molecule has 68 valence electrons. The summed E-state index contributed by atoms with van der Waals surface area (Å²) in [6.45, 7) is 2.54. The predicted octanol–water partition coefficient (Wildman–Crippen LogP) is -0.669. The van der Waals surface area contributed by atoms with Gasteiger partial charge in [-0.25, -0.2) is 0 Å². The van der Waals surface area contributed by atoms with Gasteiger partial charge in [0.2, 0.25) is 0 Å². The van der Waals surface area contributed by atoms with Crippen molar-refractivity contribution in [3.63, 3.8) is 0 Å². The maximum Gasteiger partial charge on any atom is 0.180 e. The van der Waals surface area contributed by atoms with Crippen molar-refractivity contribution in [2.75, 3.05) is 13.7 Å². The molecule has 1 rings (SSSR count). The van der Waals surface area contributed by atoms with Crippen LogP contribution in [0.5, 0.6) is 0 Å². The summed E-state index contributed by atoms with van der Waals surface area (Å²) in [6.07, 6.45) is -1.00. The van der Waals surface area contributed by atoms with E-state index in [1.165, 1.54) is 0 Å². The highest BCUT2D eigenvalue weighted by atomic mass is 16.6. The molecular formula is C7H16O4. The molecule has 3 N–H and O–H groups in total. The highest BCUT2D eigenvalue weighted by Gasteiger charge is 2.25. The van der Waals surface area contributed by atoms with Gasteiger partial charge in [-0.3, -0.25) is 0 Å². The Hall–Kier alpha value is -0.160. The molecule has 0 aromatic rings. The Morgan fingerprint density at radius 2 is 1.82 bits per heavy atom. The van der Waals surface area contributed by atoms with Crippen molar-refractivity contribution in [3.8, 4) is 0 Å². The SMILES string of the molecule is CC1COC(O)C(O)C1.CO. The summed E-state index contributed by atoms with van der Waals surface area (Å²) in [4.78, 5) is 0. The summed E-state index contributed by atoms with van der Waals surface area (Å²) in [6, 6.07) is 0. The highest BCUT2D eigenvalue weighted by Crippen LogP contribution is 2.16. The van der Waals surface area contributed by atoms with Crippen LogP contribution in [-0.4, -0.2) is 41.4 Å². The van der Waals surface area contributed by atoms with Gasteiger partial charge in [0.05, 0.1) is 6.61 Å². The number of hydrogen-bond donors (Lipinski definition) is 3. The Morgan fingerprint density at radius 3 is 2.18 bits per heavy atom. The lowest BCUT2D eigenvalue weighted by molar-refractivity contribution is -0.198. The lowest BCUT2D eigenvalue weighted by atomic mass is 10.0. The molecule has 0 spiro atoms. The molecule has 1 heterocycles. The first-order valence-electron chi connectivity index (χ1n) is 3.62. The Kier molecular flexibility index (Phi) is 5.41. The highest BCUT2D eigenvalue weighted by molar-refractivity contribution is 4.68. The zero-order valence-corrected chi connectivity index (χ0v) is 6.90. The lowest BCUT2D eigenvalue weighted by Gasteiger charge is -2.27. The molecule has 0 radical (unpaired) electrons. The average molecular weight is 164 g/mol.